The van der Waals surface area contributed by atoms with Crippen LogP contribution in [0.15, 0.2) is 30.6 Å². The zero-order valence-electron chi connectivity index (χ0n) is 13.4. The molecule has 0 spiro atoms. The molecule has 7 heteroatoms. The molecule has 1 amide bonds. The first kappa shape index (κ1) is 16.5. The zero-order valence-corrected chi connectivity index (χ0v) is 14.1. The highest BCUT2D eigenvalue weighted by molar-refractivity contribution is 6.32. The van der Waals surface area contributed by atoms with Gasteiger partial charge in [0.1, 0.15) is 23.6 Å². The van der Waals surface area contributed by atoms with Gasteiger partial charge < -0.3 is 15.4 Å². The van der Waals surface area contributed by atoms with E-state index in [1.807, 2.05) is 6.07 Å². The summed E-state index contributed by atoms with van der Waals surface area (Å²) in [6, 6.07) is 7.21. The van der Waals surface area contributed by atoms with Gasteiger partial charge >= 0.3 is 0 Å². The molecule has 3 rings (SSSR count). The van der Waals surface area contributed by atoms with Gasteiger partial charge in [0.05, 0.1) is 12.1 Å². The number of carbonyl (C=O) groups is 1. The van der Waals surface area contributed by atoms with E-state index in [2.05, 4.69) is 20.6 Å². The number of amides is 1. The van der Waals surface area contributed by atoms with Crippen molar-refractivity contribution in [1.29, 1.82) is 0 Å². The third kappa shape index (κ3) is 3.94. The van der Waals surface area contributed by atoms with E-state index in [0.29, 0.717) is 22.3 Å². The van der Waals surface area contributed by atoms with Crippen LogP contribution in [0.5, 0.6) is 5.75 Å². The Kier molecular flexibility index (Phi) is 5.15. The van der Waals surface area contributed by atoms with Gasteiger partial charge in [0.15, 0.2) is 0 Å². The summed E-state index contributed by atoms with van der Waals surface area (Å²) in [5.74, 6) is 0.962. The molecule has 1 aliphatic rings. The molecule has 24 heavy (non-hydrogen) atoms. The molecule has 2 aromatic rings. The van der Waals surface area contributed by atoms with E-state index in [0.717, 1.165) is 18.5 Å². The Hall–Kier alpha value is -2.34. The second kappa shape index (κ2) is 7.49. The molecule has 1 fully saturated rings. The normalized spacial score (nSPS) is 14.4. The molecular weight excluding hydrogens is 328 g/mol. The van der Waals surface area contributed by atoms with E-state index >= 15 is 0 Å². The Morgan fingerprint density at radius 3 is 2.75 bits per heavy atom. The van der Waals surface area contributed by atoms with Crippen molar-refractivity contribution in [2.45, 2.75) is 31.7 Å². The lowest BCUT2D eigenvalue weighted by Crippen LogP contribution is -2.33. The second-order valence-electron chi connectivity index (χ2n) is 5.72. The first-order chi connectivity index (χ1) is 11.7. The molecule has 0 atom stereocenters. The number of halogens is 1. The third-order valence-corrected chi connectivity index (χ3v) is 4.31. The Labute approximate surface area is 145 Å². The Morgan fingerprint density at radius 2 is 2.04 bits per heavy atom. The molecule has 1 aromatic heterocycles. The molecule has 2 N–H and O–H groups in total. The Morgan fingerprint density at radius 1 is 1.25 bits per heavy atom. The fourth-order valence-electron chi connectivity index (χ4n) is 2.77. The minimum atomic E-state index is -0.167. The van der Waals surface area contributed by atoms with Crippen molar-refractivity contribution >= 4 is 29.0 Å². The molecule has 1 aromatic carbocycles. The lowest BCUT2D eigenvalue weighted by Gasteiger charge is -2.12. The van der Waals surface area contributed by atoms with Crippen molar-refractivity contribution in [3.63, 3.8) is 0 Å². The summed E-state index contributed by atoms with van der Waals surface area (Å²) in [4.78, 5) is 20.5. The van der Waals surface area contributed by atoms with Crippen LogP contribution in [-0.4, -0.2) is 29.0 Å². The van der Waals surface area contributed by atoms with E-state index in [4.69, 9.17) is 16.3 Å². The highest BCUT2D eigenvalue weighted by Gasteiger charge is 2.19. The highest BCUT2D eigenvalue weighted by Crippen LogP contribution is 2.28. The van der Waals surface area contributed by atoms with Gasteiger partial charge in [0.25, 0.3) is 5.91 Å². The molecule has 0 bridgehead atoms. The summed E-state index contributed by atoms with van der Waals surface area (Å²) in [5.41, 5.74) is 1.10. The van der Waals surface area contributed by atoms with E-state index < -0.39 is 0 Å². The fraction of sp³-hybridized carbons (Fsp3) is 0.353. The van der Waals surface area contributed by atoms with Crippen molar-refractivity contribution in [1.82, 2.24) is 15.3 Å². The predicted molar refractivity (Wildman–Crippen MR) is 93.0 cm³/mol. The summed E-state index contributed by atoms with van der Waals surface area (Å²) < 4.78 is 5.13. The molecule has 0 unspecified atom stereocenters. The molecule has 0 aliphatic heterocycles. The number of ether oxygens (including phenoxy) is 1. The molecular formula is C17H19ClN4O2. The summed E-state index contributed by atoms with van der Waals surface area (Å²) >= 11 is 6.11. The summed E-state index contributed by atoms with van der Waals surface area (Å²) in [5, 5.41) is 6.63. The summed E-state index contributed by atoms with van der Waals surface area (Å²) in [6.45, 7) is 0. The number of nitrogens with one attached hydrogen (secondary N) is 2. The minimum Gasteiger partial charge on any atom is -0.495 e. The SMILES string of the molecule is COc1ccc(Nc2cc(C(=O)NC3CCCC3)ncn2)cc1Cl. The third-order valence-electron chi connectivity index (χ3n) is 4.01. The summed E-state index contributed by atoms with van der Waals surface area (Å²) in [7, 11) is 1.56. The number of anilines is 2. The minimum absolute atomic E-state index is 0.167. The lowest BCUT2D eigenvalue weighted by molar-refractivity contribution is 0.0932. The molecule has 6 nitrogen and oxygen atoms in total. The Balaban J connectivity index is 1.70. The molecule has 0 saturated heterocycles. The van der Waals surface area contributed by atoms with Gasteiger partial charge in [-0.25, -0.2) is 9.97 Å². The first-order valence-electron chi connectivity index (χ1n) is 7.89. The largest absolute Gasteiger partial charge is 0.495 e. The lowest BCUT2D eigenvalue weighted by atomic mass is 10.2. The van der Waals surface area contributed by atoms with Crippen molar-refractivity contribution in [2.75, 3.05) is 12.4 Å². The van der Waals surface area contributed by atoms with Crippen LogP contribution in [0.4, 0.5) is 11.5 Å². The number of benzene rings is 1. The number of carbonyl (C=O) groups excluding carboxylic acids is 1. The maximum absolute atomic E-state index is 12.3. The quantitative estimate of drug-likeness (QED) is 0.865. The van der Waals surface area contributed by atoms with Crippen LogP contribution in [0, 0.1) is 0 Å². The molecule has 1 heterocycles. The smallest absolute Gasteiger partial charge is 0.270 e. The van der Waals surface area contributed by atoms with Gasteiger partial charge in [0, 0.05) is 17.8 Å². The molecule has 1 saturated carbocycles. The first-order valence-corrected chi connectivity index (χ1v) is 8.27. The molecule has 0 radical (unpaired) electrons. The summed E-state index contributed by atoms with van der Waals surface area (Å²) in [6.07, 6.45) is 5.77. The van der Waals surface area contributed by atoms with Gasteiger partial charge in [-0.05, 0) is 31.0 Å². The maximum atomic E-state index is 12.3. The van der Waals surface area contributed by atoms with Crippen molar-refractivity contribution in [3.05, 3.63) is 41.3 Å². The number of hydrogen-bond acceptors (Lipinski definition) is 5. The van der Waals surface area contributed by atoms with E-state index in [9.17, 15) is 4.79 Å². The van der Waals surface area contributed by atoms with Gasteiger partial charge in [-0.15, -0.1) is 0 Å². The van der Waals surface area contributed by atoms with Crippen LogP contribution in [0.2, 0.25) is 5.02 Å². The number of nitrogens with zero attached hydrogens (tertiary/aromatic N) is 2. The second-order valence-corrected chi connectivity index (χ2v) is 6.12. The fourth-order valence-corrected chi connectivity index (χ4v) is 3.03. The Bertz CT molecular complexity index is 732. The van der Waals surface area contributed by atoms with Crippen LogP contribution < -0.4 is 15.4 Å². The number of aromatic nitrogens is 2. The number of rotatable bonds is 5. The van der Waals surface area contributed by atoms with E-state index in [1.165, 1.54) is 19.2 Å². The van der Waals surface area contributed by atoms with E-state index in [1.54, 1.807) is 25.3 Å². The number of hydrogen-bond donors (Lipinski definition) is 2. The van der Waals surface area contributed by atoms with Gasteiger partial charge in [-0.1, -0.05) is 24.4 Å². The van der Waals surface area contributed by atoms with Crippen LogP contribution in [0.25, 0.3) is 0 Å². The van der Waals surface area contributed by atoms with E-state index in [-0.39, 0.29) is 11.9 Å². The van der Waals surface area contributed by atoms with Gasteiger partial charge in [-0.2, -0.15) is 0 Å². The van der Waals surface area contributed by atoms with Crippen molar-refractivity contribution in [2.24, 2.45) is 0 Å². The van der Waals surface area contributed by atoms with Crippen LogP contribution in [0.1, 0.15) is 36.2 Å². The van der Waals surface area contributed by atoms with Crippen molar-refractivity contribution < 1.29 is 9.53 Å². The topological polar surface area (TPSA) is 76.1 Å². The highest BCUT2D eigenvalue weighted by atomic mass is 35.5. The van der Waals surface area contributed by atoms with Crippen molar-refractivity contribution in [3.8, 4) is 5.75 Å². The van der Waals surface area contributed by atoms with Gasteiger partial charge in [-0.3, -0.25) is 4.79 Å². The van der Waals surface area contributed by atoms with Crippen LogP contribution >= 0.6 is 11.6 Å². The van der Waals surface area contributed by atoms with Gasteiger partial charge in [0.2, 0.25) is 0 Å². The maximum Gasteiger partial charge on any atom is 0.270 e. The average molecular weight is 347 g/mol. The number of methoxy groups -OCH3 is 1. The van der Waals surface area contributed by atoms with Crippen LogP contribution in [0.3, 0.4) is 0 Å². The standard InChI is InChI=1S/C17H19ClN4O2/c1-24-15-7-6-12(8-13(15)18)21-16-9-14(19-10-20-16)17(23)22-11-4-2-3-5-11/h6-11H,2-5H2,1H3,(H,22,23)(H,19,20,21). The zero-order chi connectivity index (χ0) is 16.9. The molecule has 126 valence electrons. The van der Waals surface area contributed by atoms with Crippen LogP contribution in [-0.2, 0) is 0 Å². The predicted octanol–water partition coefficient (Wildman–Crippen LogP) is 3.55. The molecule has 1 aliphatic carbocycles. The average Bonchev–Trinajstić information content (AvgIpc) is 3.08. The monoisotopic (exact) mass is 346 g/mol.